The number of benzene rings is 2. The summed E-state index contributed by atoms with van der Waals surface area (Å²) < 4.78 is 27.6. The van der Waals surface area contributed by atoms with Crippen molar-refractivity contribution in [1.82, 2.24) is 9.97 Å². The first-order valence-corrected chi connectivity index (χ1v) is 10.6. The predicted molar refractivity (Wildman–Crippen MR) is 122 cm³/mol. The first-order chi connectivity index (χ1) is 15.6. The fraction of sp³-hybridized carbons (Fsp3) is 0.360. The van der Waals surface area contributed by atoms with Gasteiger partial charge in [0.15, 0.2) is 11.5 Å². The Morgan fingerprint density at radius 1 is 0.562 bits per heavy atom. The van der Waals surface area contributed by atoms with Crippen LogP contribution in [0.3, 0.4) is 0 Å². The third-order valence-corrected chi connectivity index (χ3v) is 5.69. The quantitative estimate of drug-likeness (QED) is 0.530. The number of fused-ring (bicyclic) bond motifs is 1. The molecule has 1 heterocycles. The number of hydrogen-bond acceptors (Lipinski definition) is 7. The summed E-state index contributed by atoms with van der Waals surface area (Å²) in [5, 5.41) is 0. The fourth-order valence-electron chi connectivity index (χ4n) is 4.05. The van der Waals surface area contributed by atoms with Gasteiger partial charge in [0, 0.05) is 17.2 Å². The zero-order valence-corrected chi connectivity index (χ0v) is 19.2. The second-order valence-electron chi connectivity index (χ2n) is 7.54. The highest BCUT2D eigenvalue weighted by Crippen LogP contribution is 2.43. The first kappa shape index (κ1) is 21.7. The monoisotopic (exact) mass is 436 g/mol. The minimum atomic E-state index is 0.536. The summed E-state index contributed by atoms with van der Waals surface area (Å²) in [4.78, 5) is 10.2. The van der Waals surface area contributed by atoms with Gasteiger partial charge < -0.3 is 23.7 Å². The lowest BCUT2D eigenvalue weighted by atomic mass is 9.97. The second-order valence-corrected chi connectivity index (χ2v) is 7.54. The van der Waals surface area contributed by atoms with Crippen LogP contribution in [-0.2, 0) is 12.8 Å². The zero-order chi connectivity index (χ0) is 22.7. The third-order valence-electron chi connectivity index (χ3n) is 5.69. The van der Waals surface area contributed by atoms with E-state index in [1.807, 2.05) is 30.3 Å². The minimum absolute atomic E-state index is 0.536. The van der Waals surface area contributed by atoms with Crippen LogP contribution in [0.25, 0.3) is 22.5 Å². The number of rotatable bonds is 7. The summed E-state index contributed by atoms with van der Waals surface area (Å²) in [5.41, 5.74) is 5.29. The molecule has 0 atom stereocenters. The molecule has 1 aliphatic rings. The molecule has 0 fully saturated rings. The highest BCUT2D eigenvalue weighted by atomic mass is 16.5. The lowest BCUT2D eigenvalue weighted by Crippen LogP contribution is -2.10. The zero-order valence-electron chi connectivity index (χ0n) is 19.2. The number of ether oxygens (including phenoxy) is 5. The van der Waals surface area contributed by atoms with E-state index in [0.717, 1.165) is 59.6 Å². The van der Waals surface area contributed by atoms with Crippen molar-refractivity contribution in [3.8, 4) is 51.3 Å². The highest BCUT2D eigenvalue weighted by molar-refractivity contribution is 5.81. The Morgan fingerprint density at radius 2 is 1.03 bits per heavy atom. The lowest BCUT2D eigenvalue weighted by Gasteiger charge is -2.20. The fourth-order valence-corrected chi connectivity index (χ4v) is 4.05. The van der Waals surface area contributed by atoms with Crippen molar-refractivity contribution in [1.29, 1.82) is 0 Å². The van der Waals surface area contributed by atoms with Crippen LogP contribution in [0.15, 0.2) is 30.3 Å². The van der Waals surface area contributed by atoms with Gasteiger partial charge in [0.05, 0.1) is 58.3 Å². The average molecular weight is 437 g/mol. The van der Waals surface area contributed by atoms with Crippen LogP contribution in [0.1, 0.15) is 24.2 Å². The molecule has 2 aromatic carbocycles. The maximum Gasteiger partial charge on any atom is 0.203 e. The molecule has 0 N–H and O–H groups in total. The van der Waals surface area contributed by atoms with E-state index in [9.17, 15) is 0 Å². The Labute approximate surface area is 188 Å². The van der Waals surface area contributed by atoms with Gasteiger partial charge in [-0.3, -0.25) is 0 Å². The summed E-state index contributed by atoms with van der Waals surface area (Å²) in [6, 6.07) is 9.55. The molecule has 0 aliphatic heterocycles. The van der Waals surface area contributed by atoms with E-state index in [0.29, 0.717) is 28.7 Å². The number of nitrogens with zero attached hydrogens (tertiary/aromatic N) is 2. The van der Waals surface area contributed by atoms with Crippen LogP contribution in [0, 0.1) is 0 Å². The van der Waals surface area contributed by atoms with E-state index in [2.05, 4.69) is 0 Å². The SMILES string of the molecule is COc1cc(OC)cc(-c2nc3c(nc2-c2cc(OC)c(OC)c(OC)c2)CCCC3)c1. The summed E-state index contributed by atoms with van der Waals surface area (Å²) in [6.07, 6.45) is 4.07. The molecular weight excluding hydrogens is 408 g/mol. The number of hydrogen-bond donors (Lipinski definition) is 0. The van der Waals surface area contributed by atoms with Crippen molar-refractivity contribution in [2.75, 3.05) is 35.5 Å². The predicted octanol–water partition coefficient (Wildman–Crippen LogP) is 4.73. The average Bonchev–Trinajstić information content (AvgIpc) is 2.86. The van der Waals surface area contributed by atoms with Gasteiger partial charge in [-0.15, -0.1) is 0 Å². The van der Waals surface area contributed by atoms with E-state index in [4.69, 9.17) is 33.7 Å². The standard InChI is InChI=1S/C25H28N2O5/c1-28-17-10-15(11-18(14-17)29-2)23-24(27-20-9-7-6-8-19(20)26-23)16-12-21(30-3)25(32-5)22(13-16)31-4/h10-14H,6-9H2,1-5H3. The van der Waals surface area contributed by atoms with Crippen LogP contribution in [0.4, 0.5) is 0 Å². The van der Waals surface area contributed by atoms with Gasteiger partial charge in [0.25, 0.3) is 0 Å². The molecule has 0 saturated heterocycles. The van der Waals surface area contributed by atoms with E-state index in [1.54, 1.807) is 35.5 Å². The molecule has 0 spiro atoms. The molecule has 7 heteroatoms. The van der Waals surface area contributed by atoms with Gasteiger partial charge in [0.1, 0.15) is 11.5 Å². The number of aromatic nitrogens is 2. The topological polar surface area (TPSA) is 71.9 Å². The van der Waals surface area contributed by atoms with Gasteiger partial charge >= 0.3 is 0 Å². The summed E-state index contributed by atoms with van der Waals surface area (Å²) in [5.74, 6) is 3.05. The van der Waals surface area contributed by atoms with E-state index in [-0.39, 0.29) is 0 Å². The molecule has 0 bridgehead atoms. The van der Waals surface area contributed by atoms with Gasteiger partial charge in [0.2, 0.25) is 5.75 Å². The van der Waals surface area contributed by atoms with E-state index < -0.39 is 0 Å². The molecule has 4 rings (SSSR count). The van der Waals surface area contributed by atoms with Crippen LogP contribution in [0.2, 0.25) is 0 Å². The molecule has 0 unspecified atom stereocenters. The van der Waals surface area contributed by atoms with Crippen molar-refractivity contribution in [2.24, 2.45) is 0 Å². The number of aryl methyl sites for hydroxylation is 2. The van der Waals surface area contributed by atoms with Crippen molar-refractivity contribution >= 4 is 0 Å². The molecular formula is C25H28N2O5. The Kier molecular flexibility index (Phi) is 6.35. The Bertz CT molecular complexity index is 1080. The first-order valence-electron chi connectivity index (χ1n) is 10.6. The lowest BCUT2D eigenvalue weighted by molar-refractivity contribution is 0.324. The van der Waals surface area contributed by atoms with Crippen LogP contribution >= 0.6 is 0 Å². The van der Waals surface area contributed by atoms with Crippen LogP contribution in [0.5, 0.6) is 28.7 Å². The van der Waals surface area contributed by atoms with E-state index >= 15 is 0 Å². The molecule has 7 nitrogen and oxygen atoms in total. The van der Waals surface area contributed by atoms with Gasteiger partial charge in [-0.1, -0.05) is 0 Å². The summed E-state index contributed by atoms with van der Waals surface area (Å²) in [7, 11) is 8.07. The maximum atomic E-state index is 5.58. The minimum Gasteiger partial charge on any atom is -0.497 e. The molecule has 0 amide bonds. The molecule has 168 valence electrons. The molecule has 1 aliphatic carbocycles. The van der Waals surface area contributed by atoms with Crippen LogP contribution in [-0.4, -0.2) is 45.5 Å². The molecule has 1 aromatic heterocycles. The van der Waals surface area contributed by atoms with Crippen molar-refractivity contribution in [3.63, 3.8) is 0 Å². The largest absolute Gasteiger partial charge is 0.497 e. The van der Waals surface area contributed by atoms with Gasteiger partial charge in [-0.25, -0.2) is 9.97 Å². The Balaban J connectivity index is 1.99. The van der Waals surface area contributed by atoms with Gasteiger partial charge in [-0.05, 0) is 49.9 Å². The summed E-state index contributed by atoms with van der Waals surface area (Å²) >= 11 is 0. The van der Waals surface area contributed by atoms with Crippen molar-refractivity contribution in [3.05, 3.63) is 41.7 Å². The molecule has 0 radical (unpaired) electrons. The second kappa shape index (κ2) is 9.34. The highest BCUT2D eigenvalue weighted by Gasteiger charge is 2.22. The number of methoxy groups -OCH3 is 5. The van der Waals surface area contributed by atoms with Crippen molar-refractivity contribution < 1.29 is 23.7 Å². The van der Waals surface area contributed by atoms with Crippen molar-refractivity contribution in [2.45, 2.75) is 25.7 Å². The van der Waals surface area contributed by atoms with E-state index in [1.165, 1.54) is 0 Å². The summed E-state index contributed by atoms with van der Waals surface area (Å²) in [6.45, 7) is 0. The maximum absolute atomic E-state index is 5.58. The molecule has 0 saturated carbocycles. The smallest absolute Gasteiger partial charge is 0.203 e. The third kappa shape index (κ3) is 4.02. The van der Waals surface area contributed by atoms with Gasteiger partial charge in [-0.2, -0.15) is 0 Å². The molecule has 32 heavy (non-hydrogen) atoms. The normalized spacial score (nSPS) is 12.7. The Morgan fingerprint density at radius 3 is 1.44 bits per heavy atom. The Hall–Kier alpha value is -3.48. The molecule has 3 aromatic rings. The van der Waals surface area contributed by atoms with Crippen LogP contribution < -0.4 is 23.7 Å².